The fourth-order valence-corrected chi connectivity index (χ4v) is 2.84. The van der Waals surface area contributed by atoms with Gasteiger partial charge in [0, 0.05) is 44.8 Å². The van der Waals surface area contributed by atoms with E-state index >= 15 is 0 Å². The molecule has 1 fully saturated rings. The molecule has 0 unspecified atom stereocenters. The largest absolute Gasteiger partial charge is 0.338 e. The van der Waals surface area contributed by atoms with Gasteiger partial charge in [0.2, 0.25) is 5.91 Å². The first-order valence-electron chi connectivity index (χ1n) is 8.51. The van der Waals surface area contributed by atoms with Crippen LogP contribution in [0.1, 0.15) is 26.2 Å². The first kappa shape index (κ1) is 18.3. The summed E-state index contributed by atoms with van der Waals surface area (Å²) >= 11 is 0. The fourth-order valence-electron chi connectivity index (χ4n) is 2.84. The van der Waals surface area contributed by atoms with Crippen LogP contribution in [0.2, 0.25) is 0 Å². The Morgan fingerprint density at radius 2 is 2.25 bits per heavy atom. The van der Waals surface area contributed by atoms with E-state index in [9.17, 15) is 9.59 Å². The first-order chi connectivity index (χ1) is 11.5. The topological polar surface area (TPSA) is 82.5 Å². The van der Waals surface area contributed by atoms with Crippen LogP contribution < -0.4 is 10.6 Å². The molecule has 1 aromatic rings. The molecule has 0 aliphatic carbocycles. The van der Waals surface area contributed by atoms with Crippen molar-refractivity contribution in [2.75, 3.05) is 39.0 Å². The molecule has 2 N–H and O–H groups in total. The molecule has 0 radical (unpaired) electrons. The zero-order valence-corrected chi connectivity index (χ0v) is 14.8. The van der Waals surface area contributed by atoms with Gasteiger partial charge >= 0.3 is 6.03 Å². The molecule has 1 aromatic heterocycles. The second-order valence-electron chi connectivity index (χ2n) is 6.34. The number of nitrogens with zero attached hydrogens (tertiary/aromatic N) is 4. The summed E-state index contributed by atoms with van der Waals surface area (Å²) < 4.78 is 1.75. The Kier molecular flexibility index (Phi) is 6.60. The standard InChI is InChI=1S/C16H28N6O2/c1-4-21-12-13(11-18-21)19-16(24)17-8-7-14-5-6-15(23)22(14)10-9-20(2)3/h11-12,14H,4-10H2,1-3H3,(H2,17,19,24)/t14-/m1/s1. The van der Waals surface area contributed by atoms with Gasteiger partial charge in [0.1, 0.15) is 0 Å². The second-order valence-corrected chi connectivity index (χ2v) is 6.34. The van der Waals surface area contributed by atoms with Crippen LogP contribution in [-0.2, 0) is 11.3 Å². The summed E-state index contributed by atoms with van der Waals surface area (Å²) in [6.07, 6.45) is 5.68. The Balaban J connectivity index is 1.72. The maximum atomic E-state index is 12.0. The van der Waals surface area contributed by atoms with Crippen LogP contribution in [0.4, 0.5) is 10.5 Å². The smallest absolute Gasteiger partial charge is 0.319 e. The zero-order chi connectivity index (χ0) is 17.5. The summed E-state index contributed by atoms with van der Waals surface area (Å²) in [6.45, 7) is 4.91. The summed E-state index contributed by atoms with van der Waals surface area (Å²) in [5.74, 6) is 0.221. The third kappa shape index (κ3) is 5.23. The van der Waals surface area contributed by atoms with Gasteiger partial charge in [-0.25, -0.2) is 4.79 Å². The van der Waals surface area contributed by atoms with Crippen molar-refractivity contribution in [3.05, 3.63) is 12.4 Å². The quantitative estimate of drug-likeness (QED) is 0.741. The Morgan fingerprint density at radius 1 is 1.46 bits per heavy atom. The van der Waals surface area contributed by atoms with E-state index in [0.717, 1.165) is 32.5 Å². The molecule has 1 aliphatic heterocycles. The van der Waals surface area contributed by atoms with Crippen LogP contribution in [0.25, 0.3) is 0 Å². The minimum Gasteiger partial charge on any atom is -0.338 e. The molecule has 134 valence electrons. The molecule has 8 heteroatoms. The summed E-state index contributed by atoms with van der Waals surface area (Å²) in [5.41, 5.74) is 0.679. The molecule has 0 bridgehead atoms. The average molecular weight is 336 g/mol. The number of hydrogen-bond acceptors (Lipinski definition) is 4. The molecule has 0 spiro atoms. The number of hydrogen-bond donors (Lipinski definition) is 2. The van der Waals surface area contributed by atoms with Gasteiger partial charge in [-0.1, -0.05) is 0 Å². The van der Waals surface area contributed by atoms with E-state index in [0.29, 0.717) is 18.7 Å². The minimum absolute atomic E-state index is 0.221. The number of aromatic nitrogens is 2. The van der Waals surface area contributed by atoms with Gasteiger partial charge in [0.25, 0.3) is 0 Å². The molecule has 0 saturated carbocycles. The Hall–Kier alpha value is -2.09. The molecular formula is C16H28N6O2. The summed E-state index contributed by atoms with van der Waals surface area (Å²) in [6, 6.07) is -0.0181. The van der Waals surface area contributed by atoms with Crippen LogP contribution in [0, 0.1) is 0 Å². The van der Waals surface area contributed by atoms with E-state index < -0.39 is 0 Å². The highest BCUT2D eigenvalue weighted by atomic mass is 16.2. The average Bonchev–Trinajstić information content (AvgIpc) is 3.12. The lowest BCUT2D eigenvalue weighted by Gasteiger charge is -2.26. The molecular weight excluding hydrogens is 308 g/mol. The molecule has 0 aromatic carbocycles. The predicted molar refractivity (Wildman–Crippen MR) is 92.8 cm³/mol. The monoisotopic (exact) mass is 336 g/mol. The number of amides is 3. The Labute approximate surface area is 143 Å². The third-order valence-corrected chi connectivity index (χ3v) is 4.22. The van der Waals surface area contributed by atoms with Gasteiger partial charge in [-0.05, 0) is 33.9 Å². The van der Waals surface area contributed by atoms with E-state index in [1.807, 2.05) is 25.9 Å². The molecule has 3 amide bonds. The van der Waals surface area contributed by atoms with Crippen molar-refractivity contribution < 1.29 is 9.59 Å². The zero-order valence-electron chi connectivity index (χ0n) is 14.8. The van der Waals surface area contributed by atoms with Gasteiger partial charge in [-0.2, -0.15) is 5.10 Å². The molecule has 1 aliphatic rings. The predicted octanol–water partition coefficient (Wildman–Crippen LogP) is 0.967. The van der Waals surface area contributed by atoms with Crippen molar-refractivity contribution in [1.29, 1.82) is 0 Å². The fraction of sp³-hybridized carbons (Fsp3) is 0.688. The molecule has 1 saturated heterocycles. The maximum Gasteiger partial charge on any atom is 0.319 e. The number of likely N-dealkylation sites (tertiary alicyclic amines) is 1. The van der Waals surface area contributed by atoms with Gasteiger partial charge in [-0.15, -0.1) is 0 Å². The van der Waals surface area contributed by atoms with Crippen molar-refractivity contribution in [2.45, 2.75) is 38.8 Å². The highest BCUT2D eigenvalue weighted by Gasteiger charge is 2.30. The Morgan fingerprint density at radius 3 is 2.92 bits per heavy atom. The van der Waals surface area contributed by atoms with Crippen LogP contribution in [0.5, 0.6) is 0 Å². The molecule has 1 atom stereocenters. The first-order valence-corrected chi connectivity index (χ1v) is 8.51. The van der Waals surface area contributed by atoms with E-state index in [4.69, 9.17) is 0 Å². The third-order valence-electron chi connectivity index (χ3n) is 4.22. The number of nitrogens with one attached hydrogen (secondary N) is 2. The number of likely N-dealkylation sites (N-methyl/N-ethyl adjacent to an activating group) is 1. The normalized spacial score (nSPS) is 17.6. The number of anilines is 1. The minimum atomic E-state index is -0.241. The second kappa shape index (κ2) is 8.68. The summed E-state index contributed by atoms with van der Waals surface area (Å²) in [5, 5.41) is 9.72. The highest BCUT2D eigenvalue weighted by molar-refractivity contribution is 5.88. The van der Waals surface area contributed by atoms with Crippen molar-refractivity contribution in [1.82, 2.24) is 24.9 Å². The number of aryl methyl sites for hydroxylation is 1. The van der Waals surface area contributed by atoms with Gasteiger partial charge < -0.3 is 20.4 Å². The molecule has 24 heavy (non-hydrogen) atoms. The van der Waals surface area contributed by atoms with E-state index in [1.165, 1.54) is 0 Å². The number of carbonyl (C=O) groups is 2. The van der Waals surface area contributed by atoms with Gasteiger partial charge in [0.15, 0.2) is 0 Å². The van der Waals surface area contributed by atoms with Crippen LogP contribution in [0.15, 0.2) is 12.4 Å². The van der Waals surface area contributed by atoms with E-state index in [-0.39, 0.29) is 18.0 Å². The van der Waals surface area contributed by atoms with Crippen LogP contribution in [0.3, 0.4) is 0 Å². The molecule has 2 heterocycles. The lowest BCUT2D eigenvalue weighted by molar-refractivity contribution is -0.129. The summed E-state index contributed by atoms with van der Waals surface area (Å²) in [4.78, 5) is 27.9. The number of urea groups is 1. The number of carbonyl (C=O) groups excluding carboxylic acids is 2. The summed E-state index contributed by atoms with van der Waals surface area (Å²) in [7, 11) is 4.00. The van der Waals surface area contributed by atoms with Crippen LogP contribution >= 0.6 is 0 Å². The van der Waals surface area contributed by atoms with E-state index in [2.05, 4.69) is 20.6 Å². The molecule has 8 nitrogen and oxygen atoms in total. The lowest BCUT2D eigenvalue weighted by Crippen LogP contribution is -2.40. The highest BCUT2D eigenvalue weighted by Crippen LogP contribution is 2.20. The van der Waals surface area contributed by atoms with Crippen molar-refractivity contribution >= 4 is 17.6 Å². The lowest BCUT2D eigenvalue weighted by atomic mass is 10.1. The Bertz CT molecular complexity index is 557. The molecule has 2 rings (SSSR count). The number of rotatable bonds is 8. The maximum absolute atomic E-state index is 12.0. The van der Waals surface area contributed by atoms with Crippen molar-refractivity contribution in [3.63, 3.8) is 0 Å². The van der Waals surface area contributed by atoms with Gasteiger partial charge in [0.05, 0.1) is 11.9 Å². The van der Waals surface area contributed by atoms with Gasteiger partial charge in [-0.3, -0.25) is 9.48 Å². The SMILES string of the molecule is CCn1cc(NC(=O)NCC[C@H]2CCC(=O)N2CCN(C)C)cn1. The van der Waals surface area contributed by atoms with E-state index in [1.54, 1.807) is 17.1 Å². The van der Waals surface area contributed by atoms with Crippen molar-refractivity contribution in [2.24, 2.45) is 0 Å². The van der Waals surface area contributed by atoms with Crippen molar-refractivity contribution in [3.8, 4) is 0 Å². The van der Waals surface area contributed by atoms with Crippen LogP contribution in [-0.4, -0.2) is 71.3 Å².